The van der Waals surface area contributed by atoms with Crippen LogP contribution in [0.3, 0.4) is 0 Å². The number of fused-ring (bicyclic) bond motifs is 3. The first-order chi connectivity index (χ1) is 16.4. The second kappa shape index (κ2) is 12.5. The predicted octanol–water partition coefficient (Wildman–Crippen LogP) is 4.41. The maximum Gasteiger partial charge on any atom is 0.407 e. The Bertz CT molecular complexity index is 967. The first-order valence-electron chi connectivity index (χ1n) is 11.6. The first-order valence-corrected chi connectivity index (χ1v) is 13.0. The zero-order chi connectivity index (χ0) is 24.5. The van der Waals surface area contributed by atoms with Crippen molar-refractivity contribution in [2.24, 2.45) is 0 Å². The minimum absolute atomic E-state index is 0.0684. The zero-order valence-corrected chi connectivity index (χ0v) is 20.4. The molecule has 1 aliphatic rings. The number of rotatable bonds is 12. The van der Waals surface area contributed by atoms with E-state index in [1.807, 2.05) is 49.6 Å². The number of nitrogens with one attached hydrogen (secondary N) is 2. The Morgan fingerprint density at radius 2 is 1.62 bits per heavy atom. The van der Waals surface area contributed by atoms with Crippen LogP contribution >= 0.6 is 11.8 Å². The molecule has 2 aromatic carbocycles. The summed E-state index contributed by atoms with van der Waals surface area (Å²) in [4.78, 5) is 36.7. The molecule has 0 aliphatic heterocycles. The van der Waals surface area contributed by atoms with E-state index < -0.39 is 24.1 Å². The van der Waals surface area contributed by atoms with Gasteiger partial charge in [-0.05, 0) is 47.1 Å². The topological polar surface area (TPSA) is 105 Å². The van der Waals surface area contributed by atoms with Gasteiger partial charge in [-0.2, -0.15) is 11.8 Å². The molecule has 0 unspecified atom stereocenters. The lowest BCUT2D eigenvalue weighted by atomic mass is 9.98. The van der Waals surface area contributed by atoms with Crippen molar-refractivity contribution in [1.29, 1.82) is 0 Å². The number of carbonyl (C=O) groups excluding carboxylic acids is 2. The Balaban J connectivity index is 1.64. The molecule has 0 spiro atoms. The highest BCUT2D eigenvalue weighted by atomic mass is 32.2. The fraction of sp³-hybridized carbons (Fsp3) is 0.423. The van der Waals surface area contributed by atoms with Crippen LogP contribution in [0, 0.1) is 0 Å². The molecule has 2 aromatic rings. The summed E-state index contributed by atoms with van der Waals surface area (Å²) in [5, 5.41) is 14.6. The third-order valence-electron chi connectivity index (χ3n) is 5.97. The fourth-order valence-corrected chi connectivity index (χ4v) is 4.84. The normalized spacial score (nSPS) is 13.9. The van der Waals surface area contributed by atoms with E-state index in [-0.39, 0.29) is 24.9 Å². The van der Waals surface area contributed by atoms with E-state index in [2.05, 4.69) is 22.8 Å². The number of thioether (sulfide) groups is 1. The number of benzene rings is 2. The monoisotopic (exact) mass is 484 g/mol. The standard InChI is InChI=1S/C26H32N2O5S/c1-3-8-17(15-24(29)30)27-25(31)23(13-14-34-2)28-26(32)33-16-22-20-11-6-4-9-18(20)19-10-5-7-12-21(19)22/h4-7,9-12,17,22-23H,3,8,13-16H2,1-2H3,(H,27,31)(H,28,32)(H,29,30)/t17-,23+/m0/s1. The number of amides is 2. The Labute approximate surface area is 204 Å². The van der Waals surface area contributed by atoms with E-state index in [1.165, 1.54) is 0 Å². The summed E-state index contributed by atoms with van der Waals surface area (Å²) in [7, 11) is 0. The molecule has 7 nitrogen and oxygen atoms in total. The minimum Gasteiger partial charge on any atom is -0.481 e. The molecular weight excluding hydrogens is 452 g/mol. The molecule has 0 saturated carbocycles. The Morgan fingerprint density at radius 1 is 1.00 bits per heavy atom. The molecule has 3 rings (SSSR count). The van der Waals surface area contributed by atoms with Crippen LogP contribution in [0.1, 0.15) is 49.7 Å². The summed E-state index contributed by atoms with van der Waals surface area (Å²) in [5.74, 6) is -0.758. The highest BCUT2D eigenvalue weighted by Crippen LogP contribution is 2.44. The van der Waals surface area contributed by atoms with E-state index in [0.717, 1.165) is 28.7 Å². The van der Waals surface area contributed by atoms with Crippen molar-refractivity contribution in [2.75, 3.05) is 18.6 Å². The molecule has 0 fully saturated rings. The molecule has 8 heteroatoms. The summed E-state index contributed by atoms with van der Waals surface area (Å²) in [6.07, 6.45) is 2.83. The van der Waals surface area contributed by atoms with Gasteiger partial charge in [-0.3, -0.25) is 9.59 Å². The van der Waals surface area contributed by atoms with Crippen LogP contribution in [0.15, 0.2) is 48.5 Å². The minimum atomic E-state index is -0.969. The molecule has 0 aromatic heterocycles. The quantitative estimate of drug-likeness (QED) is 0.412. The van der Waals surface area contributed by atoms with Crippen LogP contribution in [-0.4, -0.2) is 53.8 Å². The molecule has 34 heavy (non-hydrogen) atoms. The smallest absolute Gasteiger partial charge is 0.407 e. The number of alkyl carbamates (subject to hydrolysis) is 1. The molecule has 3 N–H and O–H groups in total. The second-order valence-corrected chi connectivity index (χ2v) is 9.38. The molecule has 0 heterocycles. The van der Waals surface area contributed by atoms with Gasteiger partial charge >= 0.3 is 12.1 Å². The second-order valence-electron chi connectivity index (χ2n) is 8.40. The molecule has 2 amide bonds. The number of hydrogen-bond donors (Lipinski definition) is 3. The van der Waals surface area contributed by atoms with Crippen LogP contribution in [0.5, 0.6) is 0 Å². The summed E-state index contributed by atoms with van der Waals surface area (Å²) in [6.45, 7) is 2.09. The van der Waals surface area contributed by atoms with Gasteiger partial charge in [0.25, 0.3) is 0 Å². The maximum absolute atomic E-state index is 12.9. The van der Waals surface area contributed by atoms with Gasteiger partial charge in [-0.1, -0.05) is 61.9 Å². The summed E-state index contributed by atoms with van der Waals surface area (Å²) in [5.41, 5.74) is 4.52. The van der Waals surface area contributed by atoms with Crippen LogP contribution in [0.4, 0.5) is 4.79 Å². The van der Waals surface area contributed by atoms with Crippen molar-refractivity contribution >= 4 is 29.7 Å². The van der Waals surface area contributed by atoms with Crippen LogP contribution in [-0.2, 0) is 14.3 Å². The third-order valence-corrected chi connectivity index (χ3v) is 6.61. The van der Waals surface area contributed by atoms with Crippen molar-refractivity contribution in [2.45, 2.75) is 50.6 Å². The zero-order valence-electron chi connectivity index (χ0n) is 19.6. The first kappa shape index (κ1) is 25.6. The predicted molar refractivity (Wildman–Crippen MR) is 134 cm³/mol. The number of carboxylic acids is 1. The van der Waals surface area contributed by atoms with Gasteiger partial charge in [-0.25, -0.2) is 4.79 Å². The van der Waals surface area contributed by atoms with Crippen molar-refractivity contribution in [3.63, 3.8) is 0 Å². The van der Waals surface area contributed by atoms with Gasteiger partial charge in [0, 0.05) is 12.0 Å². The number of ether oxygens (including phenoxy) is 1. The number of hydrogen-bond acceptors (Lipinski definition) is 5. The Kier molecular flexibility index (Phi) is 9.39. The number of carboxylic acid groups (broad SMARTS) is 1. The lowest BCUT2D eigenvalue weighted by Gasteiger charge is -2.22. The highest BCUT2D eigenvalue weighted by molar-refractivity contribution is 7.98. The molecule has 0 saturated heterocycles. The lowest BCUT2D eigenvalue weighted by molar-refractivity contribution is -0.137. The average Bonchev–Trinajstić information content (AvgIpc) is 3.14. The van der Waals surface area contributed by atoms with Crippen molar-refractivity contribution < 1.29 is 24.2 Å². The van der Waals surface area contributed by atoms with Crippen LogP contribution in [0.2, 0.25) is 0 Å². The molecule has 2 atom stereocenters. The highest BCUT2D eigenvalue weighted by Gasteiger charge is 2.30. The van der Waals surface area contributed by atoms with E-state index in [9.17, 15) is 14.4 Å². The van der Waals surface area contributed by atoms with Crippen molar-refractivity contribution in [1.82, 2.24) is 10.6 Å². The number of carbonyl (C=O) groups is 3. The molecule has 1 aliphatic carbocycles. The van der Waals surface area contributed by atoms with E-state index >= 15 is 0 Å². The van der Waals surface area contributed by atoms with Gasteiger partial charge in [0.2, 0.25) is 5.91 Å². The Morgan fingerprint density at radius 3 is 2.18 bits per heavy atom. The average molecular weight is 485 g/mol. The van der Waals surface area contributed by atoms with Gasteiger partial charge in [0.1, 0.15) is 12.6 Å². The molecule has 182 valence electrons. The molecule has 0 bridgehead atoms. The van der Waals surface area contributed by atoms with Crippen LogP contribution < -0.4 is 10.6 Å². The van der Waals surface area contributed by atoms with Gasteiger partial charge in [0.15, 0.2) is 0 Å². The van der Waals surface area contributed by atoms with Gasteiger partial charge < -0.3 is 20.5 Å². The maximum atomic E-state index is 12.9. The van der Waals surface area contributed by atoms with Gasteiger partial charge in [0.05, 0.1) is 6.42 Å². The fourth-order valence-electron chi connectivity index (χ4n) is 4.37. The summed E-state index contributed by atoms with van der Waals surface area (Å²) in [6, 6.07) is 14.9. The van der Waals surface area contributed by atoms with E-state index in [1.54, 1.807) is 11.8 Å². The molecular formula is C26H32N2O5S. The molecule has 0 radical (unpaired) electrons. The Hall–Kier alpha value is -3.00. The summed E-state index contributed by atoms with van der Waals surface area (Å²) >= 11 is 1.57. The summed E-state index contributed by atoms with van der Waals surface area (Å²) < 4.78 is 5.59. The van der Waals surface area contributed by atoms with Crippen molar-refractivity contribution in [3.05, 3.63) is 59.7 Å². The van der Waals surface area contributed by atoms with Gasteiger partial charge in [-0.15, -0.1) is 0 Å². The van der Waals surface area contributed by atoms with E-state index in [4.69, 9.17) is 9.84 Å². The van der Waals surface area contributed by atoms with E-state index in [0.29, 0.717) is 18.6 Å². The SMILES string of the molecule is CCC[C@@H](CC(=O)O)NC(=O)[C@@H](CCSC)NC(=O)OCC1c2ccccc2-c2ccccc21. The lowest BCUT2D eigenvalue weighted by Crippen LogP contribution is -2.50. The van der Waals surface area contributed by atoms with Crippen molar-refractivity contribution in [3.8, 4) is 11.1 Å². The largest absolute Gasteiger partial charge is 0.481 e. The van der Waals surface area contributed by atoms with Crippen LogP contribution in [0.25, 0.3) is 11.1 Å². The number of aliphatic carboxylic acids is 1. The third kappa shape index (κ3) is 6.53.